The summed E-state index contributed by atoms with van der Waals surface area (Å²) in [4.78, 5) is 98.5. The van der Waals surface area contributed by atoms with Crippen LogP contribution in [0.15, 0.2) is 170 Å². The molecule has 2 aliphatic heterocycles. The van der Waals surface area contributed by atoms with E-state index in [9.17, 15) is 80.2 Å². The highest BCUT2D eigenvalue weighted by Gasteiger charge is 2.37. The van der Waals surface area contributed by atoms with Crippen LogP contribution in [0.25, 0.3) is 0 Å². The van der Waals surface area contributed by atoms with Crippen LogP contribution in [-0.4, -0.2) is 110 Å². The fourth-order valence-electron chi connectivity index (χ4n) is 9.84. The molecule has 0 radical (unpaired) electrons. The van der Waals surface area contributed by atoms with Gasteiger partial charge in [-0.2, -0.15) is 18.7 Å². The number of anilines is 16. The first kappa shape index (κ1) is 66.2. The SMILES string of the molecule is C.O=C(O)c1cccc2c1N(CP(O)OO)c1ccccc1N(CP(O)OO)c1c(C(=O)O)cccc1N(CP(O)OO)c1ccccc1N2CP(O)OO.O=C(O)c1cccc2c1Nc1ccccc1Nc1c(cccc1C(=O)O)Nc1ccccc1N2. The summed E-state index contributed by atoms with van der Waals surface area (Å²) in [5, 5.41) is 92.3. The van der Waals surface area contributed by atoms with Gasteiger partial charge in [-0.3, -0.25) is 0 Å². The second-order valence-electron chi connectivity index (χ2n) is 18.6. The molecule has 4 atom stereocenters. The van der Waals surface area contributed by atoms with Crippen molar-refractivity contribution < 1.29 is 98.9 Å². The van der Waals surface area contributed by atoms with Gasteiger partial charge < -0.3 is 80.9 Å². The second-order valence-corrected chi connectivity index (χ2v) is 23.2. The van der Waals surface area contributed by atoms with Crippen LogP contribution in [0.2, 0.25) is 0 Å². The van der Waals surface area contributed by atoms with Crippen LogP contribution in [-0.2, 0) is 18.7 Å². The average molecular weight is 1300 g/mol. The summed E-state index contributed by atoms with van der Waals surface area (Å²) < 4.78 is 17.2. The maximum Gasteiger partial charge on any atom is 0.337 e. The number of hydrogen-bond donors (Lipinski definition) is 16. The van der Waals surface area contributed by atoms with Gasteiger partial charge in [-0.05, 0) is 97.1 Å². The van der Waals surface area contributed by atoms with Crippen LogP contribution in [0, 0.1) is 0 Å². The van der Waals surface area contributed by atoms with Gasteiger partial charge in [0.15, 0.2) is 0 Å². The van der Waals surface area contributed by atoms with E-state index in [0.717, 1.165) is 0 Å². The minimum atomic E-state index is -2.77. The molecule has 32 heteroatoms. The standard InChI is InChI=1S/C30H32N4O16P4.C26H20N4O4.CH4/c35-29(36)19-7-5-13-25-27(19)33(17-53(45)49-41)23-11-3-4-12-24(23)34(18-54(46)50-42)28-20(30(37)38)8-6-14-26(28)32(16-52(44)48-40)22-10-2-1-9-21(22)31(25)15-51(43)47-39;31-25(32)15-7-5-13-21-23(15)29-19-11-3-4-12-20(19)30-24-16(26(33)34)8-6-14-22(24)28-18-10-2-1-9-17(18)27-21;/h1-14,39-46H,15-18H2,(H,35,36)(H,37,38);1-14,27-30H,(H,31,32)(H,33,34);1H4. The minimum Gasteiger partial charge on any atom is -0.478 e. The number of carboxylic acids is 4. The Hall–Kier alpha value is -8.72. The number of benzene rings is 8. The van der Waals surface area contributed by atoms with Crippen molar-refractivity contribution in [1.82, 2.24) is 0 Å². The van der Waals surface area contributed by atoms with Crippen molar-refractivity contribution in [2.24, 2.45) is 0 Å². The fraction of sp³-hybridized carbons (Fsp3) is 0.0877. The van der Waals surface area contributed by atoms with Gasteiger partial charge in [0, 0.05) is 0 Å². The second kappa shape index (κ2) is 30.0. The van der Waals surface area contributed by atoms with E-state index in [1.54, 1.807) is 48.5 Å². The summed E-state index contributed by atoms with van der Waals surface area (Å²) in [6.45, 7) is 0. The van der Waals surface area contributed by atoms with Crippen molar-refractivity contribution in [2.45, 2.75) is 7.43 Å². The number of para-hydroxylation sites is 12. The molecule has 8 aromatic carbocycles. The first-order valence-corrected chi connectivity index (χ1v) is 31.2. The number of hydrogen-bond acceptors (Lipinski definition) is 24. The highest BCUT2D eigenvalue weighted by molar-refractivity contribution is 7.47. The van der Waals surface area contributed by atoms with Crippen molar-refractivity contribution >= 4 is 148 Å². The summed E-state index contributed by atoms with van der Waals surface area (Å²) in [5.74, 6) is -5.09. The highest BCUT2D eigenvalue weighted by atomic mass is 31.2. The quantitative estimate of drug-likeness (QED) is 0.0243. The van der Waals surface area contributed by atoms with Crippen molar-refractivity contribution in [3.63, 3.8) is 0 Å². The Balaban J connectivity index is 0.000000250. The van der Waals surface area contributed by atoms with Crippen LogP contribution in [0.3, 0.4) is 0 Å². The van der Waals surface area contributed by atoms with Crippen LogP contribution < -0.4 is 40.9 Å². The van der Waals surface area contributed by atoms with E-state index in [-0.39, 0.29) is 75.2 Å². The third-order valence-corrected chi connectivity index (χ3v) is 16.3. The number of rotatable bonds is 16. The predicted octanol–water partition coefficient (Wildman–Crippen LogP) is 14.0. The number of nitrogens with zero attached hydrogens (tertiary/aromatic N) is 4. The van der Waals surface area contributed by atoms with Crippen LogP contribution >= 0.6 is 33.5 Å². The zero-order valence-corrected chi connectivity index (χ0v) is 48.8. The molecule has 0 spiro atoms. The molecule has 10 rings (SSSR count). The van der Waals surface area contributed by atoms with Gasteiger partial charge in [0.2, 0.25) is 33.5 Å². The Kier molecular flexibility index (Phi) is 22.3. The maximum absolute atomic E-state index is 13.0. The molecule has 2 heterocycles. The summed E-state index contributed by atoms with van der Waals surface area (Å²) in [6.07, 6.45) is -2.37. The number of fused-ring (bicyclic) bond motifs is 8. The lowest BCUT2D eigenvalue weighted by Crippen LogP contribution is -2.31. The Labute approximate surface area is 510 Å². The van der Waals surface area contributed by atoms with Gasteiger partial charge in [0.05, 0.1) is 138 Å². The van der Waals surface area contributed by atoms with Crippen molar-refractivity contribution in [3.8, 4) is 0 Å². The van der Waals surface area contributed by atoms with Gasteiger partial charge in [-0.15, -0.1) is 0 Å². The molecular formula is C57H56N8O20P4. The summed E-state index contributed by atoms with van der Waals surface area (Å²) in [6, 6.07) is 44.9. The van der Waals surface area contributed by atoms with E-state index in [2.05, 4.69) is 40.0 Å². The van der Waals surface area contributed by atoms with E-state index in [0.29, 0.717) is 45.5 Å². The van der Waals surface area contributed by atoms with E-state index in [1.165, 1.54) is 105 Å². The molecule has 0 bridgehead atoms. The number of nitrogens with one attached hydrogen (secondary N) is 4. The number of aromatic carboxylic acids is 4. The Morgan fingerprint density at radius 3 is 0.854 bits per heavy atom. The molecule has 0 fully saturated rings. The van der Waals surface area contributed by atoms with Crippen molar-refractivity contribution in [1.29, 1.82) is 0 Å². The van der Waals surface area contributed by atoms with Crippen LogP contribution in [0.1, 0.15) is 48.9 Å². The summed E-state index contributed by atoms with van der Waals surface area (Å²) in [7, 11) is -10.9. The summed E-state index contributed by atoms with van der Waals surface area (Å²) in [5.41, 5.74) is 3.81. The first-order valence-electron chi connectivity index (χ1n) is 25.6. The van der Waals surface area contributed by atoms with Crippen LogP contribution in [0.4, 0.5) is 91.0 Å². The molecule has 464 valence electrons. The zero-order valence-electron chi connectivity index (χ0n) is 45.2. The van der Waals surface area contributed by atoms with Crippen LogP contribution in [0.5, 0.6) is 0 Å². The molecule has 8 aromatic rings. The Bertz CT molecular complexity index is 3640. The summed E-state index contributed by atoms with van der Waals surface area (Å²) >= 11 is 0. The van der Waals surface area contributed by atoms with Crippen molar-refractivity contribution in [2.75, 3.05) is 66.0 Å². The predicted molar refractivity (Wildman–Crippen MR) is 339 cm³/mol. The average Bonchev–Trinajstić information content (AvgIpc) is 0.909. The molecule has 28 nitrogen and oxygen atoms in total. The molecule has 0 aromatic heterocycles. The smallest absolute Gasteiger partial charge is 0.337 e. The van der Waals surface area contributed by atoms with Gasteiger partial charge in [-0.1, -0.05) is 80.2 Å². The van der Waals surface area contributed by atoms with Gasteiger partial charge in [0.25, 0.3) is 0 Å². The third kappa shape index (κ3) is 14.7. The maximum atomic E-state index is 13.0. The largest absolute Gasteiger partial charge is 0.478 e. The zero-order chi connectivity index (χ0) is 62.8. The Morgan fingerprint density at radius 2 is 0.551 bits per heavy atom. The van der Waals surface area contributed by atoms with Gasteiger partial charge >= 0.3 is 23.9 Å². The van der Waals surface area contributed by atoms with E-state index >= 15 is 0 Å². The molecule has 0 saturated heterocycles. The molecule has 0 amide bonds. The van der Waals surface area contributed by atoms with E-state index < -0.39 is 82.5 Å². The highest BCUT2D eigenvalue weighted by Crippen LogP contribution is 2.56. The molecule has 89 heavy (non-hydrogen) atoms. The van der Waals surface area contributed by atoms with Gasteiger partial charge in [0.1, 0.15) is 0 Å². The number of carboxylic acid groups (broad SMARTS) is 4. The number of carbonyl (C=O) groups is 4. The monoisotopic (exact) mass is 1300 g/mol. The molecule has 0 saturated carbocycles. The van der Waals surface area contributed by atoms with Gasteiger partial charge in [-0.25, -0.2) is 40.2 Å². The lowest BCUT2D eigenvalue weighted by Gasteiger charge is -2.41. The molecule has 0 aliphatic carbocycles. The first-order chi connectivity index (χ1) is 42.5. The molecular weight excluding hydrogens is 1240 g/mol. The topological polar surface area (TPSA) is 409 Å². The molecule has 16 N–H and O–H groups in total. The lowest BCUT2D eigenvalue weighted by atomic mass is 10.0. The lowest BCUT2D eigenvalue weighted by molar-refractivity contribution is -0.135. The van der Waals surface area contributed by atoms with E-state index in [4.69, 9.17) is 0 Å². The normalized spacial score (nSPS) is 13.7. The third-order valence-electron chi connectivity index (χ3n) is 13.5. The van der Waals surface area contributed by atoms with Crippen molar-refractivity contribution in [3.05, 3.63) is 192 Å². The minimum absolute atomic E-state index is 0. The molecule has 2 aliphatic rings. The molecule has 4 unspecified atom stereocenters. The van der Waals surface area contributed by atoms with E-state index in [1.807, 2.05) is 36.4 Å². The fourth-order valence-corrected chi connectivity index (χ4v) is 12.2. The Morgan fingerprint density at radius 1 is 0.315 bits per heavy atom.